The minimum Gasteiger partial charge on any atom is -0.462 e. The van der Waals surface area contributed by atoms with Crippen LogP contribution in [0.3, 0.4) is 0 Å². The Labute approximate surface area is 153 Å². The number of carbonyl (C=O) groups is 2. The molecule has 0 spiro atoms. The topological polar surface area (TPSA) is 71.5 Å². The first-order valence-corrected chi connectivity index (χ1v) is 9.14. The maximum absolute atomic E-state index is 12.4. The van der Waals surface area contributed by atoms with Gasteiger partial charge in [-0.3, -0.25) is 9.78 Å². The number of aryl methyl sites for hydroxylation is 1. The maximum atomic E-state index is 12.4. The molecular weight excluding hydrogens is 330 g/mol. The van der Waals surface area contributed by atoms with Crippen molar-refractivity contribution in [3.05, 3.63) is 35.5 Å². The predicted octanol–water partition coefficient (Wildman–Crippen LogP) is 3.14. The molecule has 1 aromatic heterocycles. The van der Waals surface area contributed by atoms with Crippen LogP contribution in [0.2, 0.25) is 0 Å². The van der Waals surface area contributed by atoms with Crippen LogP contribution in [0.4, 0.5) is 5.69 Å². The fourth-order valence-electron chi connectivity index (χ4n) is 3.36. The average molecular weight is 355 g/mol. The quantitative estimate of drug-likeness (QED) is 0.834. The number of hydrogen-bond acceptors (Lipinski definition) is 5. The minimum atomic E-state index is -0.384. The van der Waals surface area contributed by atoms with Crippen molar-refractivity contribution in [1.29, 1.82) is 0 Å². The Morgan fingerprint density at radius 3 is 2.88 bits per heavy atom. The van der Waals surface area contributed by atoms with Crippen molar-refractivity contribution in [2.45, 2.75) is 39.7 Å². The van der Waals surface area contributed by atoms with Gasteiger partial charge < -0.3 is 15.0 Å². The van der Waals surface area contributed by atoms with Crippen molar-refractivity contribution in [2.75, 3.05) is 25.0 Å². The van der Waals surface area contributed by atoms with Crippen molar-refractivity contribution in [1.82, 2.24) is 9.88 Å². The third kappa shape index (κ3) is 3.64. The largest absolute Gasteiger partial charge is 0.462 e. The van der Waals surface area contributed by atoms with E-state index in [-0.39, 0.29) is 17.9 Å². The van der Waals surface area contributed by atoms with Gasteiger partial charge in [0.15, 0.2) is 0 Å². The number of likely N-dealkylation sites (tertiary alicyclic amines) is 1. The second-order valence-corrected chi connectivity index (χ2v) is 6.61. The van der Waals surface area contributed by atoms with E-state index >= 15 is 0 Å². The molecule has 0 radical (unpaired) electrons. The van der Waals surface area contributed by atoms with Crippen LogP contribution in [0.25, 0.3) is 10.9 Å². The van der Waals surface area contributed by atoms with Crippen molar-refractivity contribution >= 4 is 28.5 Å². The molecule has 1 atom stereocenters. The van der Waals surface area contributed by atoms with Gasteiger partial charge in [-0.05, 0) is 32.4 Å². The normalized spacial score (nSPS) is 16.7. The fourth-order valence-corrected chi connectivity index (χ4v) is 3.36. The molecule has 1 aliphatic rings. The summed E-state index contributed by atoms with van der Waals surface area (Å²) < 4.78 is 5.21. The number of pyridine rings is 1. The molecule has 0 saturated carbocycles. The third-order valence-corrected chi connectivity index (χ3v) is 4.71. The molecule has 1 aliphatic heterocycles. The lowest BCUT2D eigenvalue weighted by molar-refractivity contribution is -0.129. The minimum absolute atomic E-state index is 0.102. The number of hydrogen-bond donors (Lipinski definition) is 1. The molecule has 2 aromatic rings. The number of ether oxygens (including phenoxy) is 1. The van der Waals surface area contributed by atoms with E-state index in [1.54, 1.807) is 13.1 Å². The zero-order valence-corrected chi connectivity index (χ0v) is 15.5. The van der Waals surface area contributed by atoms with Crippen LogP contribution in [0.5, 0.6) is 0 Å². The van der Waals surface area contributed by atoms with Crippen molar-refractivity contribution in [3.63, 3.8) is 0 Å². The average Bonchev–Trinajstić information content (AvgIpc) is 3.10. The summed E-state index contributed by atoms with van der Waals surface area (Å²) in [6, 6.07) is 6.08. The van der Waals surface area contributed by atoms with Crippen LogP contribution >= 0.6 is 0 Å². The number of aromatic nitrogens is 1. The van der Waals surface area contributed by atoms with Crippen LogP contribution in [-0.2, 0) is 9.53 Å². The molecule has 2 heterocycles. The van der Waals surface area contributed by atoms with Crippen LogP contribution in [0.15, 0.2) is 24.4 Å². The number of carbonyl (C=O) groups excluding carboxylic acids is 2. The fraction of sp³-hybridized carbons (Fsp3) is 0.450. The summed E-state index contributed by atoms with van der Waals surface area (Å²) in [4.78, 5) is 30.6. The Balaban J connectivity index is 1.96. The van der Waals surface area contributed by atoms with E-state index in [2.05, 4.69) is 10.3 Å². The summed E-state index contributed by atoms with van der Waals surface area (Å²) in [5.74, 6) is -0.222. The molecule has 1 saturated heterocycles. The van der Waals surface area contributed by atoms with Gasteiger partial charge in [0.25, 0.3) is 0 Å². The highest BCUT2D eigenvalue weighted by Gasteiger charge is 2.27. The highest BCUT2D eigenvalue weighted by atomic mass is 16.5. The van der Waals surface area contributed by atoms with Crippen molar-refractivity contribution < 1.29 is 14.3 Å². The zero-order chi connectivity index (χ0) is 18.7. The molecular formula is C20H25N3O3. The summed E-state index contributed by atoms with van der Waals surface area (Å²) in [6.07, 6.45) is 2.93. The molecule has 138 valence electrons. The summed E-state index contributed by atoms with van der Waals surface area (Å²) in [7, 11) is 0. The summed E-state index contributed by atoms with van der Waals surface area (Å²) >= 11 is 0. The smallest absolute Gasteiger partial charge is 0.341 e. The van der Waals surface area contributed by atoms with Gasteiger partial charge in [0.05, 0.1) is 17.8 Å². The van der Waals surface area contributed by atoms with E-state index in [1.165, 1.54) is 0 Å². The molecule has 3 rings (SSSR count). The van der Waals surface area contributed by atoms with Gasteiger partial charge in [0.1, 0.15) is 5.56 Å². The van der Waals surface area contributed by atoms with Crippen LogP contribution in [0, 0.1) is 6.92 Å². The van der Waals surface area contributed by atoms with Gasteiger partial charge >= 0.3 is 5.97 Å². The molecule has 1 N–H and O–H groups in total. The van der Waals surface area contributed by atoms with Crippen molar-refractivity contribution in [3.8, 4) is 0 Å². The highest BCUT2D eigenvalue weighted by molar-refractivity contribution is 6.05. The lowest BCUT2D eigenvalue weighted by Crippen LogP contribution is -2.31. The van der Waals surface area contributed by atoms with Gasteiger partial charge in [-0.25, -0.2) is 4.79 Å². The lowest BCUT2D eigenvalue weighted by Gasteiger charge is -2.20. The first kappa shape index (κ1) is 18.2. The molecule has 0 aliphatic carbocycles. The first-order chi connectivity index (χ1) is 12.5. The molecule has 1 unspecified atom stereocenters. The Kier molecular flexibility index (Phi) is 5.40. The van der Waals surface area contributed by atoms with Crippen LogP contribution in [-0.4, -0.2) is 47.5 Å². The number of fused-ring (bicyclic) bond motifs is 1. The number of rotatable bonds is 5. The number of amides is 1. The maximum Gasteiger partial charge on any atom is 0.341 e. The van der Waals surface area contributed by atoms with E-state index in [1.807, 2.05) is 36.9 Å². The standard InChI is InChI=1S/C20H25N3O3/c1-4-18(24)23-9-8-14(12-23)22-19-15-10-13(3)6-7-17(15)21-11-16(19)20(25)26-5-2/h6-7,10-11,14H,4-5,8-9,12H2,1-3H3,(H,21,22). The highest BCUT2D eigenvalue weighted by Crippen LogP contribution is 2.29. The van der Waals surface area contributed by atoms with Gasteiger partial charge in [0, 0.05) is 37.1 Å². The van der Waals surface area contributed by atoms with Crippen LogP contribution < -0.4 is 5.32 Å². The second-order valence-electron chi connectivity index (χ2n) is 6.61. The predicted molar refractivity (Wildman–Crippen MR) is 101 cm³/mol. The molecule has 26 heavy (non-hydrogen) atoms. The third-order valence-electron chi connectivity index (χ3n) is 4.71. The van der Waals surface area contributed by atoms with E-state index in [0.29, 0.717) is 25.1 Å². The Hall–Kier alpha value is -2.63. The van der Waals surface area contributed by atoms with Gasteiger partial charge in [-0.2, -0.15) is 0 Å². The van der Waals surface area contributed by atoms with E-state index < -0.39 is 0 Å². The zero-order valence-electron chi connectivity index (χ0n) is 15.5. The molecule has 1 aromatic carbocycles. The number of nitrogens with one attached hydrogen (secondary N) is 1. The molecule has 6 heteroatoms. The first-order valence-electron chi connectivity index (χ1n) is 9.14. The summed E-state index contributed by atoms with van der Waals surface area (Å²) in [5, 5.41) is 4.39. The van der Waals surface area contributed by atoms with Gasteiger partial charge in [-0.1, -0.05) is 18.6 Å². The van der Waals surface area contributed by atoms with Gasteiger partial charge in [0.2, 0.25) is 5.91 Å². The Morgan fingerprint density at radius 1 is 1.35 bits per heavy atom. The lowest BCUT2D eigenvalue weighted by atomic mass is 10.1. The number of anilines is 1. The number of nitrogens with zero attached hydrogens (tertiary/aromatic N) is 2. The van der Waals surface area contributed by atoms with Crippen molar-refractivity contribution in [2.24, 2.45) is 0 Å². The van der Waals surface area contributed by atoms with Gasteiger partial charge in [-0.15, -0.1) is 0 Å². The molecule has 0 bridgehead atoms. The number of esters is 1. The molecule has 1 fully saturated rings. The van der Waals surface area contributed by atoms with E-state index in [4.69, 9.17) is 4.74 Å². The van der Waals surface area contributed by atoms with E-state index in [0.717, 1.165) is 35.1 Å². The SMILES string of the molecule is CCOC(=O)c1cnc2ccc(C)cc2c1NC1CCN(C(=O)CC)C1. The monoisotopic (exact) mass is 355 g/mol. The summed E-state index contributed by atoms with van der Waals surface area (Å²) in [5.41, 5.74) is 3.10. The second kappa shape index (κ2) is 7.72. The van der Waals surface area contributed by atoms with E-state index in [9.17, 15) is 9.59 Å². The molecule has 6 nitrogen and oxygen atoms in total. The Morgan fingerprint density at radius 2 is 2.15 bits per heavy atom. The summed E-state index contributed by atoms with van der Waals surface area (Å²) in [6.45, 7) is 7.37. The Bertz CT molecular complexity index is 834. The number of benzene rings is 1. The molecule has 1 amide bonds. The van der Waals surface area contributed by atoms with Crippen LogP contribution in [0.1, 0.15) is 42.6 Å².